The summed E-state index contributed by atoms with van der Waals surface area (Å²) in [5, 5.41) is 33.1. The lowest BCUT2D eigenvalue weighted by Crippen LogP contribution is -2.46. The van der Waals surface area contributed by atoms with Crippen molar-refractivity contribution in [3.63, 3.8) is 0 Å². The van der Waals surface area contributed by atoms with Crippen molar-refractivity contribution < 1.29 is 24.9 Å². The van der Waals surface area contributed by atoms with Gasteiger partial charge in [0.15, 0.2) is 0 Å². The molecule has 7 heteroatoms. The number of rotatable bonds is 7. The van der Waals surface area contributed by atoms with E-state index >= 15 is 0 Å². The Morgan fingerprint density at radius 3 is 2.63 bits per heavy atom. The number of aliphatic hydroxyl groups excluding tert-OH is 1. The van der Waals surface area contributed by atoms with Gasteiger partial charge < -0.3 is 24.6 Å². The van der Waals surface area contributed by atoms with Gasteiger partial charge in [-0.25, -0.2) is 0 Å². The van der Waals surface area contributed by atoms with E-state index in [2.05, 4.69) is 40.7 Å². The summed E-state index contributed by atoms with van der Waals surface area (Å²) in [5.41, 5.74) is -0.879. The largest absolute Gasteiger partial charge is 0.507 e. The number of aromatic nitrogens is 1. The summed E-state index contributed by atoms with van der Waals surface area (Å²) in [5.74, 6) is 0.849. The van der Waals surface area contributed by atoms with E-state index in [1.54, 1.807) is 7.05 Å². The van der Waals surface area contributed by atoms with E-state index in [4.69, 9.17) is 4.74 Å². The predicted molar refractivity (Wildman–Crippen MR) is 135 cm³/mol. The summed E-state index contributed by atoms with van der Waals surface area (Å²) in [6, 6.07) is 0. The van der Waals surface area contributed by atoms with Crippen LogP contribution in [0.15, 0.2) is 22.6 Å². The Bertz CT molecular complexity index is 1010. The highest BCUT2D eigenvalue weighted by Crippen LogP contribution is 2.45. The van der Waals surface area contributed by atoms with Crippen molar-refractivity contribution in [2.75, 3.05) is 0 Å². The number of ketones is 1. The van der Waals surface area contributed by atoms with E-state index in [0.29, 0.717) is 18.3 Å². The minimum Gasteiger partial charge on any atom is -0.507 e. The molecule has 0 radical (unpaired) electrons. The summed E-state index contributed by atoms with van der Waals surface area (Å²) in [4.78, 5) is 24.9. The molecular weight excluding hydrogens is 446 g/mol. The van der Waals surface area contributed by atoms with Crippen LogP contribution in [0.25, 0.3) is 0 Å². The van der Waals surface area contributed by atoms with Crippen molar-refractivity contribution in [2.24, 2.45) is 24.8 Å². The first kappa shape index (κ1) is 27.6. The van der Waals surface area contributed by atoms with Crippen LogP contribution in [0.5, 0.6) is 5.75 Å². The molecule has 0 amide bonds. The molecule has 0 unspecified atom stereocenters. The molecule has 3 N–H and O–H groups in total. The zero-order valence-corrected chi connectivity index (χ0v) is 22.1. The Hall–Kier alpha value is -1.96. The number of nitrogens with zero attached hydrogens (tertiary/aromatic N) is 1. The minimum absolute atomic E-state index is 0.0146. The van der Waals surface area contributed by atoms with Crippen LogP contribution in [0.2, 0.25) is 0 Å². The molecular formula is C28H43NO6. The molecule has 1 aromatic rings. The van der Waals surface area contributed by atoms with Gasteiger partial charge in [0, 0.05) is 31.6 Å². The lowest BCUT2D eigenvalue weighted by Gasteiger charge is -2.39. The fraction of sp³-hybridized carbons (Fsp3) is 0.714. The number of carbonyl (C=O) groups is 1. The Morgan fingerprint density at radius 2 is 2.00 bits per heavy atom. The Labute approximate surface area is 208 Å². The highest BCUT2D eigenvalue weighted by molar-refractivity contribution is 5.80. The van der Waals surface area contributed by atoms with E-state index in [0.717, 1.165) is 24.8 Å². The molecule has 7 atom stereocenters. The van der Waals surface area contributed by atoms with Gasteiger partial charge in [0.1, 0.15) is 17.1 Å². The van der Waals surface area contributed by atoms with Crippen LogP contribution in [0.1, 0.15) is 96.8 Å². The maximum atomic E-state index is 13.2. The van der Waals surface area contributed by atoms with Gasteiger partial charge >= 0.3 is 0 Å². The van der Waals surface area contributed by atoms with Crippen molar-refractivity contribution in [2.45, 2.75) is 103 Å². The molecule has 3 rings (SSSR count). The second-order valence-electron chi connectivity index (χ2n) is 11.1. The molecule has 1 saturated heterocycles. The van der Waals surface area contributed by atoms with Crippen LogP contribution < -0.4 is 5.56 Å². The van der Waals surface area contributed by atoms with Gasteiger partial charge in [-0.05, 0) is 55.9 Å². The molecule has 0 bridgehead atoms. The summed E-state index contributed by atoms with van der Waals surface area (Å²) in [6.07, 6.45) is 5.01. The summed E-state index contributed by atoms with van der Waals surface area (Å²) < 4.78 is 7.79. The summed E-state index contributed by atoms with van der Waals surface area (Å²) in [6.45, 7) is 10.9. The van der Waals surface area contributed by atoms with Crippen LogP contribution in [-0.4, -0.2) is 37.9 Å². The molecule has 2 fully saturated rings. The van der Waals surface area contributed by atoms with Crippen molar-refractivity contribution in [3.8, 4) is 5.75 Å². The first-order chi connectivity index (χ1) is 16.4. The van der Waals surface area contributed by atoms with Gasteiger partial charge in [0.2, 0.25) is 0 Å². The van der Waals surface area contributed by atoms with E-state index in [-0.39, 0.29) is 59.5 Å². The monoisotopic (exact) mass is 489 g/mol. The smallest absolute Gasteiger partial charge is 0.259 e. The van der Waals surface area contributed by atoms with Crippen molar-refractivity contribution >= 4 is 5.78 Å². The maximum Gasteiger partial charge on any atom is 0.259 e. The fourth-order valence-corrected chi connectivity index (χ4v) is 5.78. The molecule has 2 heterocycles. The van der Waals surface area contributed by atoms with E-state index < -0.39 is 17.8 Å². The van der Waals surface area contributed by atoms with Crippen LogP contribution in [0.3, 0.4) is 0 Å². The SMILES string of the molecule is CC[C@H](C)C[C@@H](C)C=C(C)[C@H]1O[C@@H](c2c(O)c([C@]3(O)CCC(=O)C[C@H]3O)cn(C)c2=O)CC[C@@H]1C. The zero-order valence-electron chi connectivity index (χ0n) is 22.1. The number of pyridine rings is 1. The standard InChI is InChI=1S/C28H43NO6/c1-7-16(2)12-17(3)13-19(5)26-18(4)8-9-22(35-26)24-25(32)21(15-29(6)27(24)33)28(34)11-10-20(30)14-23(28)31/h13,15-18,22-23,26,31-32,34H,7-12,14H2,1-6H3/t16-,17+,18-,22+,23+,26-,28+/m0/s1. The maximum absolute atomic E-state index is 13.2. The topological polar surface area (TPSA) is 109 Å². The molecule has 196 valence electrons. The number of allylic oxidation sites excluding steroid dienone is 1. The van der Waals surface area contributed by atoms with Crippen LogP contribution in [-0.2, 0) is 22.2 Å². The molecule has 2 aliphatic rings. The van der Waals surface area contributed by atoms with E-state index in [9.17, 15) is 24.9 Å². The molecule has 1 saturated carbocycles. The molecule has 7 nitrogen and oxygen atoms in total. The van der Waals surface area contributed by atoms with E-state index in [1.807, 2.05) is 0 Å². The summed E-state index contributed by atoms with van der Waals surface area (Å²) >= 11 is 0. The number of aryl methyl sites for hydroxylation is 1. The lowest BCUT2D eigenvalue weighted by atomic mass is 9.76. The van der Waals surface area contributed by atoms with Crippen LogP contribution >= 0.6 is 0 Å². The highest BCUT2D eigenvalue weighted by Gasteiger charge is 2.46. The Balaban J connectivity index is 1.95. The zero-order chi connectivity index (χ0) is 26.1. The quantitative estimate of drug-likeness (QED) is 0.494. The second kappa shape index (κ2) is 11.0. The van der Waals surface area contributed by atoms with Crippen molar-refractivity contribution in [3.05, 3.63) is 39.3 Å². The van der Waals surface area contributed by atoms with Gasteiger partial charge in [-0.1, -0.05) is 40.2 Å². The first-order valence-corrected chi connectivity index (χ1v) is 13.1. The average molecular weight is 490 g/mol. The fourth-order valence-electron chi connectivity index (χ4n) is 5.78. The number of ether oxygens (including phenoxy) is 1. The third-order valence-electron chi connectivity index (χ3n) is 8.11. The third-order valence-corrected chi connectivity index (χ3v) is 8.11. The van der Waals surface area contributed by atoms with Crippen LogP contribution in [0.4, 0.5) is 0 Å². The van der Waals surface area contributed by atoms with Gasteiger partial charge in [-0.2, -0.15) is 0 Å². The van der Waals surface area contributed by atoms with Gasteiger partial charge in [0.05, 0.1) is 23.9 Å². The second-order valence-corrected chi connectivity index (χ2v) is 11.1. The normalized spacial score (nSPS) is 31.9. The number of Topliss-reactive ketones (excluding diaryl/α,β-unsaturated/α-hetero) is 1. The Kier molecular flexibility index (Phi) is 8.66. The number of hydrogen-bond acceptors (Lipinski definition) is 6. The predicted octanol–water partition coefficient (Wildman–Crippen LogP) is 4.27. The van der Waals surface area contributed by atoms with Crippen molar-refractivity contribution in [1.29, 1.82) is 0 Å². The number of aromatic hydroxyl groups is 1. The van der Waals surface area contributed by atoms with Crippen LogP contribution in [0, 0.1) is 17.8 Å². The lowest BCUT2D eigenvalue weighted by molar-refractivity contribution is -0.143. The number of aliphatic hydroxyl groups is 2. The highest BCUT2D eigenvalue weighted by atomic mass is 16.5. The molecule has 1 aliphatic heterocycles. The molecule has 1 aliphatic carbocycles. The molecule has 0 spiro atoms. The number of hydrogen-bond donors (Lipinski definition) is 3. The third kappa shape index (κ3) is 5.73. The molecule has 35 heavy (non-hydrogen) atoms. The summed E-state index contributed by atoms with van der Waals surface area (Å²) in [7, 11) is 1.56. The number of carbonyl (C=O) groups excluding carboxylic acids is 1. The first-order valence-electron chi connectivity index (χ1n) is 13.1. The van der Waals surface area contributed by atoms with Gasteiger partial charge in [-0.15, -0.1) is 0 Å². The van der Waals surface area contributed by atoms with Gasteiger partial charge in [-0.3, -0.25) is 9.59 Å². The minimum atomic E-state index is -1.80. The molecule has 1 aromatic heterocycles. The van der Waals surface area contributed by atoms with Gasteiger partial charge in [0.25, 0.3) is 5.56 Å². The average Bonchev–Trinajstić information content (AvgIpc) is 2.79. The van der Waals surface area contributed by atoms with Crippen molar-refractivity contribution in [1.82, 2.24) is 4.57 Å². The Morgan fingerprint density at radius 1 is 1.31 bits per heavy atom. The molecule has 0 aromatic carbocycles. The van der Waals surface area contributed by atoms with E-state index in [1.165, 1.54) is 10.8 Å².